The highest BCUT2D eigenvalue weighted by molar-refractivity contribution is 5.76. The third-order valence-corrected chi connectivity index (χ3v) is 17.3. The average molecular weight is 1120 g/mol. The second-order valence-electron chi connectivity index (χ2n) is 25.3. The fourth-order valence-corrected chi connectivity index (χ4v) is 11.7. The Bertz CT molecular complexity index is 1270. The topological polar surface area (TPSA) is 69.6 Å². The van der Waals surface area contributed by atoms with Crippen molar-refractivity contribution in [3.8, 4) is 0 Å². The molecule has 0 aromatic carbocycles. The summed E-state index contributed by atoms with van der Waals surface area (Å²) in [4.78, 5) is 12.5. The van der Waals surface area contributed by atoms with E-state index >= 15 is 0 Å². The van der Waals surface area contributed by atoms with E-state index in [1.54, 1.807) is 6.08 Å². The predicted molar refractivity (Wildman–Crippen MR) is 359 cm³/mol. The molecule has 1 amide bonds. The largest absolute Gasteiger partial charge is 0.394 e. The molecular formula is C76H145NO3. The lowest BCUT2D eigenvalue weighted by Crippen LogP contribution is -2.45. The number of rotatable bonds is 69. The smallest absolute Gasteiger partial charge is 0.220 e. The summed E-state index contributed by atoms with van der Waals surface area (Å²) < 4.78 is 0. The Morgan fingerprint density at radius 1 is 0.287 bits per heavy atom. The lowest BCUT2D eigenvalue weighted by Gasteiger charge is -2.19. The number of hydrogen-bond acceptors (Lipinski definition) is 3. The van der Waals surface area contributed by atoms with Crippen molar-refractivity contribution in [3.05, 3.63) is 48.6 Å². The number of aliphatic hydroxyl groups excluding tert-OH is 2. The van der Waals surface area contributed by atoms with Gasteiger partial charge < -0.3 is 15.5 Å². The average Bonchev–Trinajstić information content (AvgIpc) is 3.46. The van der Waals surface area contributed by atoms with Crippen LogP contribution in [0.25, 0.3) is 0 Å². The second-order valence-corrected chi connectivity index (χ2v) is 25.3. The van der Waals surface area contributed by atoms with Gasteiger partial charge in [0.2, 0.25) is 5.91 Å². The number of carbonyl (C=O) groups is 1. The van der Waals surface area contributed by atoms with Gasteiger partial charge in [0.05, 0.1) is 18.8 Å². The van der Waals surface area contributed by atoms with Gasteiger partial charge in [-0.2, -0.15) is 0 Å². The molecule has 80 heavy (non-hydrogen) atoms. The van der Waals surface area contributed by atoms with Gasteiger partial charge in [0.15, 0.2) is 0 Å². The van der Waals surface area contributed by atoms with Crippen molar-refractivity contribution in [2.75, 3.05) is 6.61 Å². The van der Waals surface area contributed by atoms with Crippen molar-refractivity contribution in [3.63, 3.8) is 0 Å². The van der Waals surface area contributed by atoms with Gasteiger partial charge in [-0.05, 0) is 70.6 Å². The van der Waals surface area contributed by atoms with Gasteiger partial charge in [0, 0.05) is 6.42 Å². The summed E-state index contributed by atoms with van der Waals surface area (Å²) in [7, 11) is 0. The van der Waals surface area contributed by atoms with E-state index in [1.807, 2.05) is 6.08 Å². The Labute approximate surface area is 503 Å². The van der Waals surface area contributed by atoms with E-state index in [9.17, 15) is 15.0 Å². The molecule has 3 N–H and O–H groups in total. The monoisotopic (exact) mass is 1120 g/mol. The van der Waals surface area contributed by atoms with E-state index in [0.717, 1.165) is 38.5 Å². The number of aliphatic hydroxyl groups is 2. The van der Waals surface area contributed by atoms with Crippen molar-refractivity contribution in [1.82, 2.24) is 5.32 Å². The summed E-state index contributed by atoms with van der Waals surface area (Å²) in [5.41, 5.74) is 0. The first-order chi connectivity index (χ1) is 39.7. The molecule has 0 aliphatic carbocycles. The quantitative estimate of drug-likeness (QED) is 0.0420. The molecule has 0 saturated heterocycles. The number of carbonyl (C=O) groups excluding carboxylic acids is 1. The zero-order chi connectivity index (χ0) is 57.6. The van der Waals surface area contributed by atoms with Crippen LogP contribution in [0.4, 0.5) is 0 Å². The summed E-state index contributed by atoms with van der Waals surface area (Å²) in [6, 6.07) is -0.647. The molecule has 0 spiro atoms. The number of allylic oxidation sites excluding steroid dienone is 7. The van der Waals surface area contributed by atoms with Crippen molar-refractivity contribution in [1.29, 1.82) is 0 Å². The minimum Gasteiger partial charge on any atom is -0.394 e. The van der Waals surface area contributed by atoms with Crippen LogP contribution in [0, 0.1) is 0 Å². The van der Waals surface area contributed by atoms with Crippen LogP contribution < -0.4 is 5.32 Å². The second kappa shape index (κ2) is 71.6. The van der Waals surface area contributed by atoms with Gasteiger partial charge in [-0.25, -0.2) is 0 Å². The van der Waals surface area contributed by atoms with E-state index in [4.69, 9.17) is 0 Å². The fourth-order valence-electron chi connectivity index (χ4n) is 11.7. The zero-order valence-electron chi connectivity index (χ0n) is 54.6. The van der Waals surface area contributed by atoms with Gasteiger partial charge in [0.25, 0.3) is 0 Å². The lowest BCUT2D eigenvalue weighted by atomic mass is 10.0. The number of hydrogen-bond donors (Lipinski definition) is 3. The maximum atomic E-state index is 12.5. The molecule has 0 radical (unpaired) electrons. The molecule has 0 rings (SSSR count). The van der Waals surface area contributed by atoms with E-state index < -0.39 is 12.1 Å². The normalized spacial score (nSPS) is 12.9. The Kier molecular flexibility index (Phi) is 70.1. The SMILES string of the molecule is CCCCCCCCCC/C=C\CCCCCCCCCCCCCCCCCCCCCCCCCCCC(=O)NC(CO)C(O)/C=C/CC/C=C/CC/C=C/CCCCCCCCCCCCCCCCCCCCCCC. The molecular weight excluding hydrogens is 975 g/mol. The van der Waals surface area contributed by atoms with Crippen LogP contribution in [-0.2, 0) is 4.79 Å². The maximum absolute atomic E-state index is 12.5. The van der Waals surface area contributed by atoms with Crippen LogP contribution in [0.5, 0.6) is 0 Å². The van der Waals surface area contributed by atoms with Crippen LogP contribution in [0.1, 0.15) is 412 Å². The highest BCUT2D eigenvalue weighted by atomic mass is 16.3. The van der Waals surface area contributed by atoms with Crippen LogP contribution >= 0.6 is 0 Å². The molecule has 0 aliphatic rings. The molecule has 0 aromatic heterocycles. The van der Waals surface area contributed by atoms with Crippen molar-refractivity contribution in [2.24, 2.45) is 0 Å². The highest BCUT2D eigenvalue weighted by Gasteiger charge is 2.18. The van der Waals surface area contributed by atoms with Gasteiger partial charge in [-0.1, -0.05) is 383 Å². The van der Waals surface area contributed by atoms with Crippen LogP contribution in [0.2, 0.25) is 0 Å². The minimum absolute atomic E-state index is 0.0700. The van der Waals surface area contributed by atoms with E-state index in [0.29, 0.717) is 6.42 Å². The Hall–Kier alpha value is -1.65. The van der Waals surface area contributed by atoms with E-state index in [1.165, 1.54) is 353 Å². The maximum Gasteiger partial charge on any atom is 0.220 e. The van der Waals surface area contributed by atoms with Crippen molar-refractivity contribution < 1.29 is 15.0 Å². The Balaban J connectivity index is 3.45. The molecule has 0 aromatic rings. The van der Waals surface area contributed by atoms with Gasteiger partial charge >= 0.3 is 0 Å². The Morgan fingerprint density at radius 3 is 0.725 bits per heavy atom. The molecule has 0 fully saturated rings. The summed E-state index contributed by atoms with van der Waals surface area (Å²) in [6.45, 7) is 4.34. The van der Waals surface area contributed by atoms with Gasteiger partial charge in [-0.3, -0.25) is 4.79 Å². The van der Waals surface area contributed by atoms with Crippen LogP contribution in [0.15, 0.2) is 48.6 Å². The first kappa shape index (κ1) is 78.4. The summed E-state index contributed by atoms with van der Waals surface area (Å²) in [5, 5.41) is 23.3. The lowest BCUT2D eigenvalue weighted by molar-refractivity contribution is -0.123. The molecule has 0 saturated carbocycles. The third kappa shape index (κ3) is 67.1. The van der Waals surface area contributed by atoms with Gasteiger partial charge in [-0.15, -0.1) is 0 Å². The molecule has 0 heterocycles. The number of amides is 1. The first-order valence-corrected chi connectivity index (χ1v) is 36.9. The molecule has 2 atom stereocenters. The molecule has 4 nitrogen and oxygen atoms in total. The van der Waals surface area contributed by atoms with Crippen LogP contribution in [-0.4, -0.2) is 34.9 Å². The highest BCUT2D eigenvalue weighted by Crippen LogP contribution is 2.19. The molecule has 0 aliphatic heterocycles. The number of unbranched alkanes of at least 4 members (excludes halogenated alkanes) is 56. The minimum atomic E-state index is -0.872. The fraction of sp³-hybridized carbons (Fsp3) is 0.882. The molecule has 0 bridgehead atoms. The summed E-state index contributed by atoms with van der Waals surface area (Å²) in [5.74, 6) is -0.0700. The molecule has 4 heteroatoms. The van der Waals surface area contributed by atoms with E-state index in [2.05, 4.69) is 55.6 Å². The standard InChI is InChI=1S/C76H145NO3/c1-3-5-7-9-11-13-15-17-19-21-23-25-27-29-31-33-35-36-37-38-39-40-42-44-46-48-50-52-54-56-58-60-62-64-66-68-70-72-76(80)77-74(73-78)75(79)71-69-67-65-63-61-59-57-55-53-51-49-47-45-43-41-34-32-30-28-26-24-22-20-18-16-14-12-10-8-6-4-2/h21,23,53,55,61,63,69,71,74-75,78-79H,3-20,22,24-52,54,56-60,62,64-68,70,72-73H2,1-2H3,(H,77,80)/b23-21-,55-53+,63-61+,71-69+. The predicted octanol–water partition coefficient (Wildman–Crippen LogP) is 25.3. The Morgan fingerprint density at radius 2 is 0.487 bits per heavy atom. The zero-order valence-corrected chi connectivity index (χ0v) is 54.6. The first-order valence-electron chi connectivity index (χ1n) is 36.9. The van der Waals surface area contributed by atoms with Crippen molar-refractivity contribution in [2.45, 2.75) is 424 Å². The summed E-state index contributed by atoms with van der Waals surface area (Å²) >= 11 is 0. The number of nitrogens with one attached hydrogen (secondary N) is 1. The van der Waals surface area contributed by atoms with Gasteiger partial charge in [0.1, 0.15) is 0 Å². The third-order valence-electron chi connectivity index (χ3n) is 17.3. The molecule has 472 valence electrons. The van der Waals surface area contributed by atoms with Crippen molar-refractivity contribution >= 4 is 5.91 Å². The summed E-state index contributed by atoms with van der Waals surface area (Å²) in [6.07, 6.45) is 101. The van der Waals surface area contributed by atoms with Crippen LogP contribution in [0.3, 0.4) is 0 Å². The van der Waals surface area contributed by atoms with E-state index in [-0.39, 0.29) is 12.5 Å². The molecule has 2 unspecified atom stereocenters.